The van der Waals surface area contributed by atoms with Crippen LogP contribution in [0.25, 0.3) is 0 Å². The predicted molar refractivity (Wildman–Crippen MR) is 120 cm³/mol. The molecule has 0 heterocycles. The Bertz CT molecular complexity index is 316. The summed E-state index contributed by atoms with van der Waals surface area (Å²) in [5.41, 5.74) is 5.69. The minimum atomic E-state index is 0.137. The first-order chi connectivity index (χ1) is 13.2. The number of unbranched alkanes of at least 4 members (excludes halogenated alkanes) is 14. The Hall–Kier alpha value is -0.410. The van der Waals surface area contributed by atoms with Gasteiger partial charge in [-0.05, 0) is 19.9 Å². The molecule has 0 spiro atoms. The van der Waals surface area contributed by atoms with Gasteiger partial charge in [0.25, 0.3) is 0 Å². The number of ketones is 1. The molecular formula is C24H50N2O. The molecule has 3 heteroatoms. The second kappa shape index (κ2) is 20.3. The monoisotopic (exact) mass is 382 g/mol. The van der Waals surface area contributed by atoms with Crippen LogP contribution in [0, 0.1) is 5.92 Å². The molecule has 0 rings (SSSR count). The quantitative estimate of drug-likeness (QED) is 0.226. The molecule has 0 aromatic rings. The maximum atomic E-state index is 12.2. The largest absolute Gasteiger partial charge is 0.329 e. The van der Waals surface area contributed by atoms with Crippen LogP contribution in [-0.2, 0) is 4.79 Å². The predicted octanol–water partition coefficient (Wildman–Crippen LogP) is 6.39. The third-order valence-electron chi connectivity index (χ3n) is 5.91. The minimum absolute atomic E-state index is 0.137. The Kier molecular flexibility index (Phi) is 20.0. The van der Waals surface area contributed by atoms with Crippen LogP contribution >= 0.6 is 0 Å². The molecule has 0 amide bonds. The molecule has 27 heavy (non-hydrogen) atoms. The van der Waals surface area contributed by atoms with Crippen LogP contribution in [0.1, 0.15) is 123 Å². The zero-order chi connectivity index (χ0) is 20.2. The number of carbonyl (C=O) groups excluding carboxylic acids is 1. The number of hydrogen-bond donors (Lipinski definition) is 2. The first-order valence-corrected chi connectivity index (χ1v) is 12.1. The van der Waals surface area contributed by atoms with Gasteiger partial charge in [0.1, 0.15) is 5.78 Å². The fraction of sp³-hybridized carbons (Fsp3) is 0.958. The Morgan fingerprint density at radius 3 is 1.56 bits per heavy atom. The highest BCUT2D eigenvalue weighted by molar-refractivity contribution is 5.80. The van der Waals surface area contributed by atoms with Crippen molar-refractivity contribution in [2.45, 2.75) is 129 Å². The van der Waals surface area contributed by atoms with Crippen molar-refractivity contribution in [1.29, 1.82) is 0 Å². The molecule has 0 aromatic carbocycles. The van der Waals surface area contributed by atoms with E-state index in [9.17, 15) is 4.79 Å². The summed E-state index contributed by atoms with van der Waals surface area (Å²) in [5, 5.41) is 3.18. The highest BCUT2D eigenvalue weighted by atomic mass is 16.1. The lowest BCUT2D eigenvalue weighted by Crippen LogP contribution is -2.36. The molecule has 3 N–H and O–H groups in total. The molecule has 0 aliphatic heterocycles. The van der Waals surface area contributed by atoms with Crippen molar-refractivity contribution in [1.82, 2.24) is 5.32 Å². The molecule has 0 aliphatic carbocycles. The summed E-state index contributed by atoms with van der Waals surface area (Å²) in [6, 6.07) is 0.269. The Balaban J connectivity index is 3.31. The summed E-state index contributed by atoms with van der Waals surface area (Å²) in [7, 11) is 1.92. The van der Waals surface area contributed by atoms with Crippen molar-refractivity contribution in [2.75, 3.05) is 13.6 Å². The number of hydrogen-bond acceptors (Lipinski definition) is 3. The van der Waals surface area contributed by atoms with Gasteiger partial charge in [-0.15, -0.1) is 0 Å². The second-order valence-corrected chi connectivity index (χ2v) is 8.52. The Morgan fingerprint density at radius 2 is 1.19 bits per heavy atom. The third-order valence-corrected chi connectivity index (χ3v) is 5.91. The Morgan fingerprint density at radius 1 is 0.778 bits per heavy atom. The van der Waals surface area contributed by atoms with E-state index in [2.05, 4.69) is 12.2 Å². The van der Waals surface area contributed by atoms with Crippen molar-refractivity contribution in [2.24, 2.45) is 11.7 Å². The summed E-state index contributed by atoms with van der Waals surface area (Å²) >= 11 is 0. The maximum Gasteiger partial charge on any atom is 0.135 e. The van der Waals surface area contributed by atoms with Crippen molar-refractivity contribution < 1.29 is 4.79 Å². The number of nitrogens with two attached hydrogens (primary N) is 1. The van der Waals surface area contributed by atoms with Crippen LogP contribution in [0.2, 0.25) is 0 Å². The van der Waals surface area contributed by atoms with Crippen molar-refractivity contribution in [3.8, 4) is 0 Å². The average Bonchev–Trinajstić information content (AvgIpc) is 2.68. The molecule has 0 fully saturated rings. The molecule has 0 saturated carbocycles. The molecule has 162 valence electrons. The smallest absolute Gasteiger partial charge is 0.135 e. The SMILES string of the molecule is CCCCCCCCCCCCCCCCCC(=O)C(C)CC(CN)NC. The van der Waals surface area contributed by atoms with E-state index in [0.29, 0.717) is 12.3 Å². The van der Waals surface area contributed by atoms with E-state index in [4.69, 9.17) is 5.73 Å². The molecule has 0 aromatic heterocycles. The zero-order valence-corrected chi connectivity index (χ0v) is 18.9. The summed E-state index contributed by atoms with van der Waals surface area (Å²) in [5.74, 6) is 0.552. The molecule has 2 unspecified atom stereocenters. The zero-order valence-electron chi connectivity index (χ0n) is 18.9. The van der Waals surface area contributed by atoms with Crippen LogP contribution in [0.5, 0.6) is 0 Å². The molecule has 0 saturated heterocycles. The molecule has 2 atom stereocenters. The minimum Gasteiger partial charge on any atom is -0.329 e. The van der Waals surface area contributed by atoms with Gasteiger partial charge >= 0.3 is 0 Å². The molecule has 0 radical (unpaired) electrons. The summed E-state index contributed by atoms with van der Waals surface area (Å²) < 4.78 is 0. The highest BCUT2D eigenvalue weighted by Gasteiger charge is 2.16. The van der Waals surface area contributed by atoms with E-state index >= 15 is 0 Å². The first kappa shape index (κ1) is 26.6. The third kappa shape index (κ3) is 17.4. The molecule has 0 bridgehead atoms. The summed E-state index contributed by atoms with van der Waals surface area (Å²) in [6.07, 6.45) is 22.1. The van der Waals surface area contributed by atoms with Gasteiger partial charge < -0.3 is 11.1 Å². The fourth-order valence-electron chi connectivity index (χ4n) is 3.81. The van der Waals surface area contributed by atoms with E-state index < -0.39 is 0 Å². The van der Waals surface area contributed by atoms with Crippen molar-refractivity contribution in [3.63, 3.8) is 0 Å². The van der Waals surface area contributed by atoms with Gasteiger partial charge in [-0.1, -0.05) is 104 Å². The molecule has 3 nitrogen and oxygen atoms in total. The first-order valence-electron chi connectivity index (χ1n) is 12.1. The lowest BCUT2D eigenvalue weighted by Gasteiger charge is -2.18. The highest BCUT2D eigenvalue weighted by Crippen LogP contribution is 2.15. The van der Waals surface area contributed by atoms with Gasteiger partial charge in [-0.25, -0.2) is 0 Å². The van der Waals surface area contributed by atoms with Crippen molar-refractivity contribution in [3.05, 3.63) is 0 Å². The number of Topliss-reactive ketones (excluding diaryl/α,β-unsaturated/α-hetero) is 1. The summed E-state index contributed by atoms with van der Waals surface area (Å²) in [4.78, 5) is 12.2. The van der Waals surface area contributed by atoms with Crippen LogP contribution in [-0.4, -0.2) is 25.4 Å². The van der Waals surface area contributed by atoms with E-state index in [0.717, 1.165) is 19.3 Å². The molecule has 0 aliphatic rings. The standard InChI is InChI=1S/C24H50N2O/c1-4-5-6-7-8-9-10-11-12-13-14-15-16-17-18-19-24(27)22(2)20-23(21-25)26-3/h22-23,26H,4-21,25H2,1-3H3. The number of carbonyl (C=O) groups is 1. The van der Waals surface area contributed by atoms with Crippen LogP contribution in [0.4, 0.5) is 0 Å². The average molecular weight is 383 g/mol. The van der Waals surface area contributed by atoms with Crippen molar-refractivity contribution >= 4 is 5.78 Å². The fourth-order valence-corrected chi connectivity index (χ4v) is 3.81. The van der Waals surface area contributed by atoms with E-state index in [1.54, 1.807) is 0 Å². The van der Waals surface area contributed by atoms with Crippen LogP contribution < -0.4 is 11.1 Å². The molecular weight excluding hydrogens is 332 g/mol. The van der Waals surface area contributed by atoms with Crippen LogP contribution in [0.15, 0.2) is 0 Å². The normalized spacial score (nSPS) is 13.6. The van der Waals surface area contributed by atoms with Gasteiger partial charge in [-0.2, -0.15) is 0 Å². The summed E-state index contributed by atoms with van der Waals surface area (Å²) in [6.45, 7) is 4.94. The number of nitrogens with one attached hydrogen (secondary N) is 1. The maximum absolute atomic E-state index is 12.2. The topological polar surface area (TPSA) is 55.1 Å². The number of rotatable bonds is 21. The van der Waals surface area contributed by atoms with Gasteiger partial charge in [-0.3, -0.25) is 4.79 Å². The number of likely N-dealkylation sites (N-methyl/N-ethyl adjacent to an activating group) is 1. The lowest BCUT2D eigenvalue weighted by atomic mass is 9.94. The van der Waals surface area contributed by atoms with Gasteiger partial charge in [0.15, 0.2) is 0 Å². The second-order valence-electron chi connectivity index (χ2n) is 8.52. The van der Waals surface area contributed by atoms with E-state index in [-0.39, 0.29) is 12.0 Å². The van der Waals surface area contributed by atoms with Crippen LogP contribution in [0.3, 0.4) is 0 Å². The Labute approximate surface area is 170 Å². The van der Waals surface area contributed by atoms with E-state index in [1.807, 2.05) is 14.0 Å². The lowest BCUT2D eigenvalue weighted by molar-refractivity contribution is -0.122. The van der Waals surface area contributed by atoms with E-state index in [1.165, 1.54) is 89.9 Å². The van der Waals surface area contributed by atoms with Gasteiger partial charge in [0, 0.05) is 24.9 Å². The van der Waals surface area contributed by atoms with Gasteiger partial charge in [0.2, 0.25) is 0 Å². The van der Waals surface area contributed by atoms with Gasteiger partial charge in [0.05, 0.1) is 0 Å².